The van der Waals surface area contributed by atoms with Gasteiger partial charge in [0.15, 0.2) is 11.8 Å². The quantitative estimate of drug-likeness (QED) is 0.395. The van der Waals surface area contributed by atoms with E-state index in [1.165, 1.54) is 0 Å². The minimum absolute atomic E-state index is 0. The Balaban J connectivity index is 0.00000149. The van der Waals surface area contributed by atoms with E-state index in [4.69, 9.17) is 39.3 Å². The molecule has 2 aliphatic rings. The van der Waals surface area contributed by atoms with Gasteiger partial charge in [-0.1, -0.05) is 45.4 Å². The molecule has 2 heterocycles. The number of carboxylic acid groups (broad SMARTS) is 2. The van der Waals surface area contributed by atoms with Crippen LogP contribution < -0.4 is 14.9 Å². The van der Waals surface area contributed by atoms with Gasteiger partial charge < -0.3 is 29.3 Å². The number of carboxylic acids is 2. The summed E-state index contributed by atoms with van der Waals surface area (Å²) in [5, 5.41) is 17.8. The van der Waals surface area contributed by atoms with Gasteiger partial charge in [0, 0.05) is 18.5 Å². The van der Waals surface area contributed by atoms with E-state index in [9.17, 15) is 8.42 Å². The topological polar surface area (TPSA) is 170 Å². The number of aliphatic imine (C=N–C) groups is 2. The van der Waals surface area contributed by atoms with E-state index in [2.05, 4.69) is 32.4 Å². The molecular formula is C27H41CuN3O8S. The summed E-state index contributed by atoms with van der Waals surface area (Å²) in [5.41, 5.74) is 0.294. The standard InChI is InChI=1S/C23H35N3O4S.2C2H4O2.Cu/c1-15(2)19-13-29-21(25-19)23(6,22-26-20(14-30-22)16(3)4)11-12-24-31(27,28)18-9-7-17(5)8-10-18;2*1-2(3)4;/h7-10,15-16,19-20,24H,11-14H2,1-6H3;2*1H3,(H,3,4);/q;;;+2/p-2/t19-,20-;;;/m1.../s1. The van der Waals surface area contributed by atoms with Crippen LogP contribution in [0.25, 0.3) is 0 Å². The van der Waals surface area contributed by atoms with Gasteiger partial charge in [-0.25, -0.2) is 23.1 Å². The number of nitrogens with one attached hydrogen (secondary N) is 1. The summed E-state index contributed by atoms with van der Waals surface area (Å²) in [4.78, 5) is 27.7. The summed E-state index contributed by atoms with van der Waals surface area (Å²) in [7, 11) is -3.61. The third kappa shape index (κ3) is 12.0. The first-order valence-electron chi connectivity index (χ1n) is 12.8. The molecule has 0 aliphatic carbocycles. The predicted octanol–water partition coefficient (Wildman–Crippen LogP) is 1.09. The molecule has 13 heteroatoms. The molecule has 0 saturated carbocycles. The molecule has 0 amide bonds. The average molecular weight is 631 g/mol. The van der Waals surface area contributed by atoms with Crippen molar-refractivity contribution in [2.75, 3.05) is 19.8 Å². The van der Waals surface area contributed by atoms with Crippen molar-refractivity contribution in [1.29, 1.82) is 0 Å². The number of carbonyl (C=O) groups excluding carboxylic acids is 2. The largest absolute Gasteiger partial charge is 2.00 e. The number of hydrogen-bond acceptors (Lipinski definition) is 10. The molecule has 11 nitrogen and oxygen atoms in total. The van der Waals surface area contributed by atoms with E-state index in [1.807, 2.05) is 13.8 Å². The van der Waals surface area contributed by atoms with Crippen LogP contribution in [0.1, 0.15) is 60.5 Å². The van der Waals surface area contributed by atoms with E-state index >= 15 is 0 Å². The molecule has 2 atom stereocenters. The van der Waals surface area contributed by atoms with Gasteiger partial charge in [0.25, 0.3) is 0 Å². The minimum Gasteiger partial charge on any atom is -0.550 e. The zero-order valence-electron chi connectivity index (χ0n) is 24.3. The van der Waals surface area contributed by atoms with Crippen LogP contribution >= 0.6 is 0 Å². The monoisotopic (exact) mass is 630 g/mol. The maximum Gasteiger partial charge on any atom is 2.00 e. The molecule has 3 rings (SSSR count). The normalized spacial score (nSPS) is 18.1. The molecule has 1 N–H and O–H groups in total. The predicted molar refractivity (Wildman–Crippen MR) is 144 cm³/mol. The second-order valence-electron chi connectivity index (χ2n) is 10.4. The number of aryl methyl sites for hydroxylation is 1. The van der Waals surface area contributed by atoms with Crippen LogP contribution in [-0.2, 0) is 46.2 Å². The van der Waals surface area contributed by atoms with Gasteiger partial charge in [0.2, 0.25) is 10.0 Å². The van der Waals surface area contributed by atoms with Crippen molar-refractivity contribution >= 4 is 33.8 Å². The summed E-state index contributed by atoms with van der Waals surface area (Å²) in [6, 6.07) is 6.98. The number of carbonyl (C=O) groups is 2. The Morgan fingerprint density at radius 2 is 1.32 bits per heavy atom. The SMILES string of the molecule is CC(=O)[O-].CC(=O)[O-].Cc1ccc(S(=O)(=O)NCCC(C)(C2=N[C@@H](C(C)C)CO2)C2=N[C@@H](C(C)C)CO2)cc1.[Cu+2]. The van der Waals surface area contributed by atoms with E-state index in [0.717, 1.165) is 19.4 Å². The van der Waals surface area contributed by atoms with Crippen molar-refractivity contribution in [3.63, 3.8) is 0 Å². The first-order chi connectivity index (χ1) is 18.0. The summed E-state index contributed by atoms with van der Waals surface area (Å²) in [6.45, 7) is 15.6. The van der Waals surface area contributed by atoms with Crippen molar-refractivity contribution in [2.24, 2.45) is 27.2 Å². The first-order valence-corrected chi connectivity index (χ1v) is 14.3. The van der Waals surface area contributed by atoms with Gasteiger partial charge in [0.1, 0.15) is 18.6 Å². The molecule has 0 bridgehead atoms. The fourth-order valence-electron chi connectivity index (χ4n) is 3.61. The van der Waals surface area contributed by atoms with Gasteiger partial charge >= 0.3 is 17.1 Å². The smallest absolute Gasteiger partial charge is 0.550 e. The van der Waals surface area contributed by atoms with Gasteiger partial charge in [-0.15, -0.1) is 0 Å². The molecule has 229 valence electrons. The minimum atomic E-state index is -3.61. The second-order valence-corrected chi connectivity index (χ2v) is 12.2. The van der Waals surface area contributed by atoms with Crippen molar-refractivity contribution < 1.29 is 54.8 Å². The van der Waals surface area contributed by atoms with Gasteiger partial charge in [-0.05, 0) is 58.1 Å². The fourth-order valence-corrected chi connectivity index (χ4v) is 4.64. The average Bonchev–Trinajstić information content (AvgIpc) is 3.49. The zero-order valence-corrected chi connectivity index (χ0v) is 26.1. The van der Waals surface area contributed by atoms with Crippen LogP contribution in [0.4, 0.5) is 0 Å². The molecule has 0 fully saturated rings. The van der Waals surface area contributed by atoms with Crippen LogP contribution in [0.3, 0.4) is 0 Å². The van der Waals surface area contributed by atoms with E-state index < -0.39 is 27.4 Å². The maximum atomic E-state index is 12.7. The molecule has 0 unspecified atom stereocenters. The fraction of sp³-hybridized carbons (Fsp3) is 0.630. The number of nitrogens with zero attached hydrogens (tertiary/aromatic N) is 2. The molecule has 1 aromatic carbocycles. The van der Waals surface area contributed by atoms with Crippen LogP contribution in [0.5, 0.6) is 0 Å². The third-order valence-corrected chi connectivity index (χ3v) is 7.56. The Bertz CT molecular complexity index is 1080. The molecule has 1 aromatic rings. The van der Waals surface area contributed by atoms with Crippen LogP contribution in [-0.4, -0.2) is 64.0 Å². The molecule has 1 radical (unpaired) electrons. The molecule has 0 spiro atoms. The second kappa shape index (κ2) is 16.7. The van der Waals surface area contributed by atoms with Crippen LogP contribution in [0.2, 0.25) is 0 Å². The molecule has 2 aliphatic heterocycles. The zero-order chi connectivity index (χ0) is 30.0. The maximum absolute atomic E-state index is 12.7. The van der Waals surface area contributed by atoms with Gasteiger partial charge in [-0.3, -0.25) is 0 Å². The first kappa shape index (κ1) is 37.5. The Kier molecular flexibility index (Phi) is 15.7. The van der Waals surface area contributed by atoms with Crippen molar-refractivity contribution in [1.82, 2.24) is 4.72 Å². The summed E-state index contributed by atoms with van der Waals surface area (Å²) >= 11 is 0. The van der Waals surface area contributed by atoms with Gasteiger partial charge in [0.05, 0.1) is 17.0 Å². The number of ether oxygens (including phenoxy) is 2. The molecule has 0 aromatic heterocycles. The van der Waals surface area contributed by atoms with Crippen molar-refractivity contribution in [3.05, 3.63) is 29.8 Å². The van der Waals surface area contributed by atoms with E-state index in [1.54, 1.807) is 24.3 Å². The number of rotatable bonds is 9. The number of benzene rings is 1. The van der Waals surface area contributed by atoms with Crippen LogP contribution in [0.15, 0.2) is 39.1 Å². The Morgan fingerprint density at radius 3 is 1.65 bits per heavy atom. The van der Waals surface area contributed by atoms with E-state index in [-0.39, 0.29) is 40.6 Å². The van der Waals surface area contributed by atoms with Crippen molar-refractivity contribution in [3.8, 4) is 0 Å². The Hall–Kier alpha value is -2.47. The molecule has 0 saturated heterocycles. The van der Waals surface area contributed by atoms with Crippen molar-refractivity contribution in [2.45, 2.75) is 78.8 Å². The van der Waals surface area contributed by atoms with Crippen LogP contribution in [0, 0.1) is 24.2 Å². The number of sulfonamides is 1. The van der Waals surface area contributed by atoms with E-state index in [0.29, 0.717) is 43.3 Å². The third-order valence-electron chi connectivity index (χ3n) is 6.08. The Labute approximate surface area is 248 Å². The number of aliphatic carboxylic acids is 2. The Morgan fingerprint density at radius 1 is 0.950 bits per heavy atom. The number of hydrogen-bond donors (Lipinski definition) is 1. The molecular weight excluding hydrogens is 590 g/mol. The summed E-state index contributed by atoms with van der Waals surface area (Å²) in [5.74, 6) is -0.277. The van der Waals surface area contributed by atoms with Gasteiger partial charge in [-0.2, -0.15) is 0 Å². The summed E-state index contributed by atoms with van der Waals surface area (Å²) in [6.07, 6.45) is 0.436. The summed E-state index contributed by atoms with van der Waals surface area (Å²) < 4.78 is 40.1. The molecule has 40 heavy (non-hydrogen) atoms.